The maximum atomic E-state index is 11.4. The fraction of sp³-hybridized carbons (Fsp3) is 0.700. The maximum Gasteiger partial charge on any atom is 0.334 e. The maximum absolute atomic E-state index is 11.4. The summed E-state index contributed by atoms with van der Waals surface area (Å²) in [6.45, 7) is 2.99. The van der Waals surface area contributed by atoms with Gasteiger partial charge in [-0.2, -0.15) is 0 Å². The summed E-state index contributed by atoms with van der Waals surface area (Å²) in [6, 6.07) is -0.646. The first-order chi connectivity index (χ1) is 8.20. The van der Waals surface area contributed by atoms with Gasteiger partial charge in [0, 0.05) is 13.6 Å². The zero-order chi connectivity index (χ0) is 14.3. The van der Waals surface area contributed by atoms with Crippen molar-refractivity contribution >= 4 is 17.9 Å². The topological polar surface area (TPSA) is 128 Å². The standard InChI is InChI=1S/C10H19N3O5/c1-10(2,8(17)11-3)5-13-9(18)12-4-6(14)7(15)16/h6,14H,4-5H2,1-3H3,(H,11,17)(H,15,16)(H2,12,13,18)/t6-/m0/s1. The van der Waals surface area contributed by atoms with Gasteiger partial charge in [0.1, 0.15) is 0 Å². The molecule has 8 nitrogen and oxygen atoms in total. The number of carboxylic acid groups (broad SMARTS) is 1. The van der Waals surface area contributed by atoms with E-state index in [9.17, 15) is 14.4 Å². The van der Waals surface area contributed by atoms with Crippen molar-refractivity contribution < 1.29 is 24.6 Å². The van der Waals surface area contributed by atoms with E-state index in [-0.39, 0.29) is 12.5 Å². The zero-order valence-corrected chi connectivity index (χ0v) is 10.6. The van der Waals surface area contributed by atoms with Crippen LogP contribution in [0.2, 0.25) is 0 Å². The second-order valence-corrected chi connectivity index (χ2v) is 4.38. The molecule has 8 heteroatoms. The Morgan fingerprint density at radius 2 is 1.78 bits per heavy atom. The van der Waals surface area contributed by atoms with E-state index in [1.54, 1.807) is 13.8 Å². The molecule has 5 N–H and O–H groups in total. The van der Waals surface area contributed by atoms with E-state index < -0.39 is 30.1 Å². The zero-order valence-electron chi connectivity index (χ0n) is 10.6. The Bertz CT molecular complexity index is 329. The van der Waals surface area contributed by atoms with Crippen LogP contribution >= 0.6 is 0 Å². The molecule has 0 spiro atoms. The summed E-state index contributed by atoms with van der Waals surface area (Å²) in [6.07, 6.45) is -1.65. The highest BCUT2D eigenvalue weighted by Gasteiger charge is 2.27. The van der Waals surface area contributed by atoms with Crippen LogP contribution in [0.5, 0.6) is 0 Å². The number of amides is 3. The number of nitrogens with one attached hydrogen (secondary N) is 3. The van der Waals surface area contributed by atoms with Gasteiger partial charge in [-0.15, -0.1) is 0 Å². The van der Waals surface area contributed by atoms with Crippen LogP contribution in [0.25, 0.3) is 0 Å². The second-order valence-electron chi connectivity index (χ2n) is 4.38. The molecule has 0 radical (unpaired) electrons. The van der Waals surface area contributed by atoms with Gasteiger partial charge in [0.15, 0.2) is 6.10 Å². The Morgan fingerprint density at radius 3 is 2.22 bits per heavy atom. The molecule has 0 aromatic rings. The van der Waals surface area contributed by atoms with Crippen molar-refractivity contribution in [3.63, 3.8) is 0 Å². The van der Waals surface area contributed by atoms with E-state index in [4.69, 9.17) is 10.2 Å². The summed E-state index contributed by atoms with van der Waals surface area (Å²) in [4.78, 5) is 33.0. The fourth-order valence-electron chi connectivity index (χ4n) is 1.06. The van der Waals surface area contributed by atoms with Gasteiger partial charge in [0.25, 0.3) is 0 Å². The number of carbonyl (C=O) groups excluding carboxylic acids is 2. The minimum atomic E-state index is -1.65. The van der Waals surface area contributed by atoms with Crippen LogP contribution in [0.1, 0.15) is 13.8 Å². The van der Waals surface area contributed by atoms with E-state index >= 15 is 0 Å². The number of aliphatic hydroxyl groups excluding tert-OH is 1. The molecule has 3 amide bonds. The highest BCUT2D eigenvalue weighted by atomic mass is 16.4. The quantitative estimate of drug-likeness (QED) is 0.398. The van der Waals surface area contributed by atoms with Crippen molar-refractivity contribution in [2.24, 2.45) is 5.41 Å². The number of aliphatic carboxylic acids is 1. The van der Waals surface area contributed by atoms with E-state index in [1.807, 2.05) is 0 Å². The minimum Gasteiger partial charge on any atom is -0.479 e. The molecule has 0 bridgehead atoms. The van der Waals surface area contributed by atoms with Crippen molar-refractivity contribution in [1.29, 1.82) is 0 Å². The predicted molar refractivity (Wildman–Crippen MR) is 62.9 cm³/mol. The number of carboxylic acids is 1. The van der Waals surface area contributed by atoms with E-state index in [2.05, 4.69) is 16.0 Å². The minimum absolute atomic E-state index is 0.0850. The highest BCUT2D eigenvalue weighted by Crippen LogP contribution is 2.12. The first-order valence-corrected chi connectivity index (χ1v) is 5.35. The molecule has 0 heterocycles. The van der Waals surface area contributed by atoms with Gasteiger partial charge < -0.3 is 26.2 Å². The molecule has 0 rings (SSSR count). The third-order valence-electron chi connectivity index (χ3n) is 2.27. The lowest BCUT2D eigenvalue weighted by Crippen LogP contribution is -2.48. The highest BCUT2D eigenvalue weighted by molar-refractivity contribution is 5.83. The number of carbonyl (C=O) groups is 3. The summed E-state index contributed by atoms with van der Waals surface area (Å²) in [5.74, 6) is -1.64. The lowest BCUT2D eigenvalue weighted by atomic mass is 9.92. The third-order valence-corrected chi connectivity index (χ3v) is 2.27. The van der Waals surface area contributed by atoms with Gasteiger partial charge in [-0.3, -0.25) is 4.79 Å². The molecule has 1 atom stereocenters. The Morgan fingerprint density at radius 1 is 1.22 bits per heavy atom. The van der Waals surface area contributed by atoms with Crippen LogP contribution in [0.3, 0.4) is 0 Å². The molecule has 0 saturated carbocycles. The van der Waals surface area contributed by atoms with Gasteiger partial charge in [0.05, 0.1) is 12.0 Å². The molecule has 0 saturated heterocycles. The fourth-order valence-corrected chi connectivity index (χ4v) is 1.06. The van der Waals surface area contributed by atoms with Crippen LogP contribution in [0, 0.1) is 5.41 Å². The monoisotopic (exact) mass is 261 g/mol. The van der Waals surface area contributed by atoms with E-state index in [0.717, 1.165) is 0 Å². The van der Waals surface area contributed by atoms with Crippen molar-refractivity contribution in [1.82, 2.24) is 16.0 Å². The van der Waals surface area contributed by atoms with Crippen LogP contribution in [0.15, 0.2) is 0 Å². The van der Waals surface area contributed by atoms with Gasteiger partial charge in [-0.1, -0.05) is 0 Å². The number of aliphatic hydroxyl groups is 1. The van der Waals surface area contributed by atoms with Crippen molar-refractivity contribution in [2.45, 2.75) is 20.0 Å². The number of hydrogen-bond donors (Lipinski definition) is 5. The van der Waals surface area contributed by atoms with Crippen LogP contribution in [-0.2, 0) is 9.59 Å². The van der Waals surface area contributed by atoms with Crippen molar-refractivity contribution in [2.75, 3.05) is 20.1 Å². The summed E-state index contributed by atoms with van der Waals surface area (Å²) < 4.78 is 0. The van der Waals surface area contributed by atoms with Gasteiger partial charge in [-0.25, -0.2) is 9.59 Å². The summed E-state index contributed by atoms with van der Waals surface area (Å²) in [7, 11) is 1.49. The normalized spacial score (nSPS) is 12.4. The van der Waals surface area contributed by atoms with Gasteiger partial charge in [0.2, 0.25) is 5.91 Å². The third kappa shape index (κ3) is 5.48. The molecule has 0 aliphatic rings. The molecule has 104 valence electrons. The number of urea groups is 1. The molecular formula is C10H19N3O5. The molecule has 0 aliphatic carbocycles. The van der Waals surface area contributed by atoms with Crippen LogP contribution in [-0.4, -0.2) is 54.4 Å². The number of hydrogen-bond acceptors (Lipinski definition) is 4. The molecule has 0 aromatic carbocycles. The largest absolute Gasteiger partial charge is 0.479 e. The van der Waals surface area contributed by atoms with Crippen molar-refractivity contribution in [3.05, 3.63) is 0 Å². The molecular weight excluding hydrogens is 242 g/mol. The van der Waals surface area contributed by atoms with Crippen LogP contribution in [0.4, 0.5) is 4.79 Å². The summed E-state index contributed by atoms with van der Waals surface area (Å²) in [5, 5.41) is 24.4. The molecule has 0 aromatic heterocycles. The smallest absolute Gasteiger partial charge is 0.334 e. The Balaban J connectivity index is 4.04. The average molecular weight is 261 g/mol. The number of rotatable bonds is 6. The average Bonchev–Trinajstić information content (AvgIpc) is 2.31. The van der Waals surface area contributed by atoms with Crippen molar-refractivity contribution in [3.8, 4) is 0 Å². The first kappa shape index (κ1) is 16.2. The summed E-state index contributed by atoms with van der Waals surface area (Å²) >= 11 is 0. The Kier molecular flexibility index (Phi) is 6.11. The molecule has 0 unspecified atom stereocenters. The molecule has 18 heavy (non-hydrogen) atoms. The Hall–Kier alpha value is -1.83. The lowest BCUT2D eigenvalue weighted by molar-refractivity contribution is -0.146. The lowest BCUT2D eigenvalue weighted by Gasteiger charge is -2.22. The first-order valence-electron chi connectivity index (χ1n) is 5.35. The summed E-state index contributed by atoms with van der Waals surface area (Å²) in [5.41, 5.74) is -0.780. The van der Waals surface area contributed by atoms with Crippen LogP contribution < -0.4 is 16.0 Å². The van der Waals surface area contributed by atoms with Gasteiger partial charge in [-0.05, 0) is 13.8 Å². The molecule has 0 aliphatic heterocycles. The SMILES string of the molecule is CNC(=O)C(C)(C)CNC(=O)NC[C@H](O)C(=O)O. The van der Waals surface area contributed by atoms with E-state index in [0.29, 0.717) is 0 Å². The molecule has 0 fully saturated rings. The van der Waals surface area contributed by atoms with E-state index in [1.165, 1.54) is 7.05 Å². The second kappa shape index (κ2) is 6.80. The van der Waals surface area contributed by atoms with Gasteiger partial charge >= 0.3 is 12.0 Å². The predicted octanol–water partition coefficient (Wildman–Crippen LogP) is -1.50. The Labute approximate surface area is 105 Å².